The molecule has 2 heteroatoms. The molecule has 0 atom stereocenters. The van der Waals surface area contributed by atoms with Gasteiger partial charge in [-0.3, -0.25) is 4.79 Å². The molecule has 66 valence electrons. The average molecular weight is 237 g/mol. The largest absolute Gasteiger partial charge is 0.298 e. The summed E-state index contributed by atoms with van der Waals surface area (Å²) in [6.45, 7) is 0. The average Bonchev–Trinajstić information content (AvgIpc) is 2.17. The van der Waals surface area contributed by atoms with E-state index in [-0.39, 0.29) is 0 Å². The highest BCUT2D eigenvalue weighted by atomic mass is 79.9. The number of halogens is 1. The quantitative estimate of drug-likeness (QED) is 0.685. The lowest BCUT2D eigenvalue weighted by Gasteiger charge is -2.12. The van der Waals surface area contributed by atoms with Gasteiger partial charge in [0.2, 0.25) is 0 Å². The summed E-state index contributed by atoms with van der Waals surface area (Å²) in [5, 5.41) is 0. The Kier molecular flexibility index (Phi) is 2.32. The Morgan fingerprint density at radius 2 is 2.15 bits per heavy atom. The van der Waals surface area contributed by atoms with Crippen LogP contribution in [0.3, 0.4) is 0 Å². The Morgan fingerprint density at radius 3 is 2.92 bits per heavy atom. The molecular weight excluding hydrogens is 228 g/mol. The predicted octanol–water partition coefficient (Wildman–Crippen LogP) is 3.18. The van der Waals surface area contributed by atoms with Crippen molar-refractivity contribution in [1.82, 2.24) is 0 Å². The molecular formula is C11H9BrO. The van der Waals surface area contributed by atoms with Crippen LogP contribution < -0.4 is 0 Å². The molecule has 0 aromatic heterocycles. The van der Waals surface area contributed by atoms with Crippen LogP contribution in [0.25, 0.3) is 6.08 Å². The summed E-state index contributed by atoms with van der Waals surface area (Å²) in [7, 11) is 0. The highest BCUT2D eigenvalue weighted by Gasteiger charge is 2.08. The number of benzene rings is 1. The third-order valence-electron chi connectivity index (χ3n) is 2.25. The second kappa shape index (κ2) is 3.46. The minimum absolute atomic E-state index is 0.769. The van der Waals surface area contributed by atoms with Crippen molar-refractivity contribution >= 4 is 28.3 Å². The highest BCUT2D eigenvalue weighted by molar-refractivity contribution is 9.11. The van der Waals surface area contributed by atoms with Crippen LogP contribution in [0.15, 0.2) is 22.7 Å². The number of allylic oxidation sites excluding steroid dienone is 1. The van der Waals surface area contributed by atoms with Crippen molar-refractivity contribution in [1.29, 1.82) is 0 Å². The van der Waals surface area contributed by atoms with Crippen molar-refractivity contribution in [2.45, 2.75) is 12.8 Å². The van der Waals surface area contributed by atoms with Crippen molar-refractivity contribution in [3.63, 3.8) is 0 Å². The Labute approximate surface area is 85.6 Å². The summed E-state index contributed by atoms with van der Waals surface area (Å²) >= 11 is 3.49. The van der Waals surface area contributed by atoms with Gasteiger partial charge in [-0.2, -0.15) is 0 Å². The molecule has 0 heterocycles. The molecule has 0 saturated carbocycles. The Hall–Kier alpha value is -0.890. The van der Waals surface area contributed by atoms with E-state index >= 15 is 0 Å². The fourth-order valence-corrected chi connectivity index (χ4v) is 2.00. The molecule has 2 rings (SSSR count). The van der Waals surface area contributed by atoms with Gasteiger partial charge in [0.15, 0.2) is 0 Å². The van der Waals surface area contributed by atoms with Crippen LogP contribution >= 0.6 is 15.9 Å². The predicted molar refractivity (Wildman–Crippen MR) is 57.1 cm³/mol. The first-order valence-corrected chi connectivity index (χ1v) is 5.03. The van der Waals surface area contributed by atoms with Crippen LogP contribution in [-0.2, 0) is 6.42 Å². The lowest BCUT2D eigenvalue weighted by molar-refractivity contribution is 0.112. The number of aryl methyl sites for hydroxylation is 1. The summed E-state index contributed by atoms with van der Waals surface area (Å²) in [5.74, 6) is 0. The monoisotopic (exact) mass is 236 g/mol. The molecule has 0 radical (unpaired) electrons. The number of carbonyl (C=O) groups excluding carboxylic acids is 1. The van der Waals surface area contributed by atoms with Crippen LogP contribution in [0.1, 0.15) is 27.9 Å². The lowest BCUT2D eigenvalue weighted by atomic mass is 9.96. The minimum atomic E-state index is 0.769. The second-order valence-corrected chi connectivity index (χ2v) is 4.19. The summed E-state index contributed by atoms with van der Waals surface area (Å²) in [5.41, 5.74) is 3.27. The third-order valence-corrected chi connectivity index (χ3v) is 2.87. The number of rotatable bonds is 1. The molecule has 0 amide bonds. The van der Waals surface area contributed by atoms with Gasteiger partial charge < -0.3 is 0 Å². The zero-order valence-electron chi connectivity index (χ0n) is 7.09. The van der Waals surface area contributed by atoms with Gasteiger partial charge in [-0.1, -0.05) is 28.1 Å². The number of aldehydes is 1. The highest BCUT2D eigenvalue weighted by Crippen LogP contribution is 2.27. The van der Waals surface area contributed by atoms with Crippen LogP contribution in [-0.4, -0.2) is 6.29 Å². The molecule has 0 fully saturated rings. The minimum Gasteiger partial charge on any atom is -0.298 e. The van der Waals surface area contributed by atoms with Crippen LogP contribution in [0.5, 0.6) is 0 Å². The molecule has 0 unspecified atom stereocenters. The lowest BCUT2D eigenvalue weighted by Crippen LogP contribution is -1.97. The van der Waals surface area contributed by atoms with Gasteiger partial charge in [0.25, 0.3) is 0 Å². The van der Waals surface area contributed by atoms with Crippen molar-refractivity contribution < 1.29 is 4.79 Å². The normalized spacial score (nSPS) is 14.7. The van der Waals surface area contributed by atoms with Gasteiger partial charge >= 0.3 is 0 Å². The number of hydrogen-bond donors (Lipinski definition) is 0. The summed E-state index contributed by atoms with van der Waals surface area (Å²) in [6.07, 6.45) is 5.07. The topological polar surface area (TPSA) is 17.1 Å². The number of hydrogen-bond acceptors (Lipinski definition) is 1. The molecule has 1 aliphatic rings. The standard InChI is InChI=1S/C11H9BrO/c12-11-4-3-9-5-8(7-13)1-2-10(9)6-11/h1-2,5-7H,3-4H2. The maximum Gasteiger partial charge on any atom is 0.150 e. The fourth-order valence-electron chi connectivity index (χ4n) is 1.55. The van der Waals surface area contributed by atoms with Gasteiger partial charge in [-0.25, -0.2) is 0 Å². The Morgan fingerprint density at radius 1 is 1.31 bits per heavy atom. The summed E-state index contributed by atoms with van der Waals surface area (Å²) in [6, 6.07) is 5.83. The van der Waals surface area contributed by atoms with E-state index in [1.807, 2.05) is 18.2 Å². The molecule has 1 nitrogen and oxygen atoms in total. The van der Waals surface area contributed by atoms with E-state index in [0.29, 0.717) is 0 Å². The van der Waals surface area contributed by atoms with E-state index in [4.69, 9.17) is 0 Å². The van der Waals surface area contributed by atoms with E-state index in [1.165, 1.54) is 15.6 Å². The molecule has 1 aromatic carbocycles. The van der Waals surface area contributed by atoms with Gasteiger partial charge in [-0.05, 0) is 40.6 Å². The van der Waals surface area contributed by atoms with Crippen LogP contribution in [0.4, 0.5) is 0 Å². The first-order chi connectivity index (χ1) is 6.29. The van der Waals surface area contributed by atoms with Crippen LogP contribution in [0.2, 0.25) is 0 Å². The third kappa shape index (κ3) is 1.73. The van der Waals surface area contributed by atoms with Gasteiger partial charge in [0.05, 0.1) is 0 Å². The molecule has 0 spiro atoms. The molecule has 13 heavy (non-hydrogen) atoms. The molecule has 1 aliphatic carbocycles. The van der Waals surface area contributed by atoms with E-state index in [2.05, 4.69) is 22.0 Å². The maximum absolute atomic E-state index is 10.5. The van der Waals surface area contributed by atoms with Crippen LogP contribution in [0, 0.1) is 0 Å². The van der Waals surface area contributed by atoms with E-state index < -0.39 is 0 Å². The number of fused-ring (bicyclic) bond motifs is 1. The maximum atomic E-state index is 10.5. The first kappa shape index (κ1) is 8.70. The molecule has 0 saturated heterocycles. The molecule has 0 bridgehead atoms. The van der Waals surface area contributed by atoms with E-state index in [0.717, 1.165) is 24.7 Å². The second-order valence-electron chi connectivity index (χ2n) is 3.17. The fraction of sp³-hybridized carbons (Fsp3) is 0.182. The molecule has 0 aliphatic heterocycles. The van der Waals surface area contributed by atoms with E-state index in [9.17, 15) is 4.79 Å². The summed E-state index contributed by atoms with van der Waals surface area (Å²) < 4.78 is 1.24. The zero-order chi connectivity index (χ0) is 9.26. The van der Waals surface area contributed by atoms with Crippen molar-refractivity contribution in [3.05, 3.63) is 39.4 Å². The smallest absolute Gasteiger partial charge is 0.150 e. The Bertz CT molecular complexity index is 380. The SMILES string of the molecule is O=Cc1ccc2c(c1)CCC(Br)=C2. The van der Waals surface area contributed by atoms with Gasteiger partial charge in [-0.15, -0.1) is 0 Å². The first-order valence-electron chi connectivity index (χ1n) is 4.24. The van der Waals surface area contributed by atoms with Gasteiger partial charge in [0.1, 0.15) is 6.29 Å². The number of carbonyl (C=O) groups is 1. The molecule has 0 N–H and O–H groups in total. The zero-order valence-corrected chi connectivity index (χ0v) is 8.67. The summed E-state index contributed by atoms with van der Waals surface area (Å²) in [4.78, 5) is 10.5. The van der Waals surface area contributed by atoms with Crippen molar-refractivity contribution in [2.24, 2.45) is 0 Å². The van der Waals surface area contributed by atoms with Crippen molar-refractivity contribution in [3.8, 4) is 0 Å². The van der Waals surface area contributed by atoms with Gasteiger partial charge in [0, 0.05) is 5.56 Å². The Balaban J connectivity index is 2.49. The van der Waals surface area contributed by atoms with E-state index in [1.54, 1.807) is 0 Å². The van der Waals surface area contributed by atoms with Crippen molar-refractivity contribution in [2.75, 3.05) is 0 Å². The molecule has 1 aromatic rings.